The predicted octanol–water partition coefficient (Wildman–Crippen LogP) is 5.73. The molecule has 4 rings (SSSR count). The molecule has 2 aromatic carbocycles. The molecular formula is C24H26N4O2. The van der Waals surface area contributed by atoms with Crippen molar-refractivity contribution in [1.82, 2.24) is 15.5 Å². The van der Waals surface area contributed by atoms with Crippen molar-refractivity contribution in [1.29, 1.82) is 0 Å². The van der Waals surface area contributed by atoms with E-state index in [9.17, 15) is 0 Å². The van der Waals surface area contributed by atoms with E-state index in [1.54, 1.807) is 44.2 Å². The normalized spacial score (nSPS) is 21.7. The molecule has 0 spiro atoms. The lowest BCUT2D eigenvalue weighted by Gasteiger charge is -2.13. The standard InChI is InChI=1S/C24H26N4O2/c1-5-13-26-20-11-10-17-18(20)7-6-8-19(17)23-27-24(30-28-23)16-9-12-22(29-15(2)3)21(14-16)25-4/h6-9,12,14-15,20,26H,5,10-11,13H2,1-3H3/t20-/m0/s1/i5D2,11D2,13D2,15D. The molecule has 154 valence electrons. The average molecular weight is 410 g/mol. The minimum absolute atomic E-state index is 0.0559. The summed E-state index contributed by atoms with van der Waals surface area (Å²) in [6.45, 7) is 9.21. The summed E-state index contributed by atoms with van der Waals surface area (Å²) in [5, 5.41) is 6.61. The monoisotopic (exact) mass is 409 g/mol. The Bertz CT molecular complexity index is 1370. The number of hydrogen-bond donors (Lipinski definition) is 1. The van der Waals surface area contributed by atoms with Crippen LogP contribution in [0.3, 0.4) is 0 Å². The van der Waals surface area contributed by atoms with E-state index in [1.165, 1.54) is 6.07 Å². The van der Waals surface area contributed by atoms with Gasteiger partial charge in [-0.25, -0.2) is 4.85 Å². The van der Waals surface area contributed by atoms with Crippen molar-refractivity contribution in [3.8, 4) is 28.6 Å². The predicted molar refractivity (Wildman–Crippen MR) is 117 cm³/mol. The van der Waals surface area contributed by atoms with Crippen molar-refractivity contribution in [3.63, 3.8) is 0 Å². The number of nitrogens with one attached hydrogen (secondary N) is 1. The average Bonchev–Trinajstić information content (AvgIpc) is 3.35. The van der Waals surface area contributed by atoms with Gasteiger partial charge in [-0.3, -0.25) is 0 Å². The molecule has 0 saturated heterocycles. The summed E-state index contributed by atoms with van der Waals surface area (Å²) < 4.78 is 67.8. The van der Waals surface area contributed by atoms with E-state index in [4.69, 9.17) is 25.4 Å². The van der Waals surface area contributed by atoms with Gasteiger partial charge in [-0.15, -0.1) is 0 Å². The van der Waals surface area contributed by atoms with Crippen LogP contribution in [0.1, 0.15) is 60.3 Å². The smallest absolute Gasteiger partial charge is 0.256 e. The first-order chi connectivity index (χ1) is 17.0. The third-order valence-electron chi connectivity index (χ3n) is 4.66. The molecule has 0 radical (unpaired) electrons. The Labute approximate surface area is 186 Å². The number of benzene rings is 2. The second kappa shape index (κ2) is 8.68. The van der Waals surface area contributed by atoms with E-state index in [2.05, 4.69) is 20.3 Å². The number of nitrogens with zero attached hydrogens (tertiary/aromatic N) is 3. The molecule has 3 aromatic rings. The van der Waals surface area contributed by atoms with Crippen LogP contribution >= 0.6 is 0 Å². The van der Waals surface area contributed by atoms with Crippen LogP contribution < -0.4 is 10.1 Å². The maximum atomic E-state index is 8.54. The van der Waals surface area contributed by atoms with E-state index in [0.717, 1.165) is 6.92 Å². The minimum atomic E-state index is -2.48. The van der Waals surface area contributed by atoms with Crippen LogP contribution in [0.4, 0.5) is 5.69 Å². The number of ether oxygens (including phenoxy) is 1. The van der Waals surface area contributed by atoms with Crippen molar-refractivity contribution in [2.45, 2.75) is 52.1 Å². The molecule has 1 atom stereocenters. The van der Waals surface area contributed by atoms with Crippen molar-refractivity contribution >= 4 is 5.69 Å². The van der Waals surface area contributed by atoms with Gasteiger partial charge in [-0.2, -0.15) is 4.98 Å². The second-order valence-corrected chi connectivity index (χ2v) is 6.93. The Morgan fingerprint density at radius 1 is 1.43 bits per heavy atom. The molecule has 1 heterocycles. The Balaban J connectivity index is 1.69. The van der Waals surface area contributed by atoms with Gasteiger partial charge in [-0.05, 0) is 68.8 Å². The lowest BCUT2D eigenvalue weighted by atomic mass is 10.0. The van der Waals surface area contributed by atoms with Gasteiger partial charge in [0.2, 0.25) is 11.5 Å². The van der Waals surface area contributed by atoms with Gasteiger partial charge < -0.3 is 14.6 Å². The topological polar surface area (TPSA) is 64.5 Å². The fourth-order valence-electron chi connectivity index (χ4n) is 3.36. The highest BCUT2D eigenvalue weighted by atomic mass is 16.5. The SMILES string of the molecule is [2H]C(C)(C)Oc1ccc(-c2nc(-c3cccc4c3CC([2H])([2H])[C@@H]4NC([2H])([2H])C([2H])([2H])C)no2)cc1[N+]#[C-]. The van der Waals surface area contributed by atoms with Crippen LogP contribution in [0, 0.1) is 6.57 Å². The summed E-state index contributed by atoms with van der Waals surface area (Å²) in [6, 6.07) is 8.72. The van der Waals surface area contributed by atoms with Crippen LogP contribution in [0.15, 0.2) is 40.9 Å². The summed E-state index contributed by atoms with van der Waals surface area (Å²) in [5.41, 5.74) is 2.25. The third kappa shape index (κ3) is 3.94. The molecule has 6 nitrogen and oxygen atoms in total. The molecule has 0 unspecified atom stereocenters. The molecule has 0 aliphatic heterocycles. The molecule has 0 amide bonds. The van der Waals surface area contributed by atoms with E-state index >= 15 is 0 Å². The highest BCUT2D eigenvalue weighted by Crippen LogP contribution is 2.38. The Morgan fingerprint density at radius 2 is 2.30 bits per heavy atom. The highest BCUT2D eigenvalue weighted by Gasteiger charge is 2.26. The van der Waals surface area contributed by atoms with Crippen molar-refractivity contribution in [3.05, 3.63) is 58.9 Å². The van der Waals surface area contributed by atoms with Crippen LogP contribution in [0.5, 0.6) is 5.75 Å². The van der Waals surface area contributed by atoms with Crippen molar-refractivity contribution < 1.29 is 18.9 Å². The first-order valence-electron chi connectivity index (χ1n) is 13.0. The van der Waals surface area contributed by atoms with Gasteiger partial charge in [0.15, 0.2) is 0 Å². The lowest BCUT2D eigenvalue weighted by molar-refractivity contribution is 0.244. The summed E-state index contributed by atoms with van der Waals surface area (Å²) in [5.74, 6) is 0.603. The fourth-order valence-corrected chi connectivity index (χ4v) is 3.36. The molecule has 0 bridgehead atoms. The van der Waals surface area contributed by atoms with Crippen molar-refractivity contribution in [2.75, 3.05) is 6.50 Å². The van der Waals surface area contributed by atoms with Crippen LogP contribution in [-0.2, 0) is 6.42 Å². The van der Waals surface area contributed by atoms with E-state index < -0.39 is 31.4 Å². The zero-order valence-electron chi connectivity index (χ0n) is 23.9. The van der Waals surface area contributed by atoms with Crippen LogP contribution in [-0.4, -0.2) is 22.7 Å². The van der Waals surface area contributed by atoms with Gasteiger partial charge in [-0.1, -0.05) is 30.3 Å². The zero-order chi connectivity index (χ0) is 27.4. The summed E-state index contributed by atoms with van der Waals surface area (Å²) in [4.78, 5) is 7.93. The Morgan fingerprint density at radius 3 is 3.07 bits per heavy atom. The molecule has 30 heavy (non-hydrogen) atoms. The fraction of sp³-hybridized carbons (Fsp3) is 0.375. The second-order valence-electron chi connectivity index (χ2n) is 6.93. The molecule has 1 aromatic heterocycles. The van der Waals surface area contributed by atoms with E-state index in [1.807, 2.05) is 0 Å². The maximum absolute atomic E-state index is 8.54. The van der Waals surface area contributed by atoms with Gasteiger partial charge >= 0.3 is 0 Å². The molecule has 1 N–H and O–H groups in total. The summed E-state index contributed by atoms with van der Waals surface area (Å²) >= 11 is 0. The first kappa shape index (κ1) is 13.2. The number of hydrogen-bond acceptors (Lipinski definition) is 5. The van der Waals surface area contributed by atoms with E-state index in [-0.39, 0.29) is 29.6 Å². The van der Waals surface area contributed by atoms with E-state index in [0.29, 0.717) is 22.3 Å². The highest BCUT2D eigenvalue weighted by molar-refractivity contribution is 5.70. The van der Waals surface area contributed by atoms with Crippen molar-refractivity contribution in [2.24, 2.45) is 0 Å². The quantitative estimate of drug-likeness (QED) is 0.505. The van der Waals surface area contributed by atoms with Crippen LogP contribution in [0.2, 0.25) is 0 Å². The molecule has 6 heteroatoms. The Kier molecular flexibility index (Phi) is 3.82. The van der Waals surface area contributed by atoms with Gasteiger partial charge in [0.05, 0.1) is 14.0 Å². The van der Waals surface area contributed by atoms with Crippen LogP contribution in [0.25, 0.3) is 27.7 Å². The molecule has 1 aliphatic carbocycles. The van der Waals surface area contributed by atoms with Gasteiger partial charge in [0, 0.05) is 25.4 Å². The zero-order valence-corrected chi connectivity index (χ0v) is 16.9. The number of rotatable bonds is 7. The summed E-state index contributed by atoms with van der Waals surface area (Å²) in [7, 11) is 0. The number of fused-ring (bicyclic) bond motifs is 1. The Hall–Kier alpha value is -3.17. The largest absolute Gasteiger partial charge is 0.502 e. The molecule has 0 saturated carbocycles. The summed E-state index contributed by atoms with van der Waals surface area (Å²) in [6.07, 6.45) is -5.41. The molecular weight excluding hydrogens is 376 g/mol. The lowest BCUT2D eigenvalue weighted by Crippen LogP contribution is -2.19. The third-order valence-corrected chi connectivity index (χ3v) is 4.66. The minimum Gasteiger partial charge on any atom is -0.502 e. The molecule has 1 aliphatic rings. The maximum Gasteiger partial charge on any atom is 0.256 e. The van der Waals surface area contributed by atoms with Gasteiger partial charge in [0.1, 0.15) is 5.75 Å². The number of aromatic nitrogens is 2. The van der Waals surface area contributed by atoms with Gasteiger partial charge in [0.25, 0.3) is 5.89 Å². The first-order valence-corrected chi connectivity index (χ1v) is 9.47. The molecule has 0 fully saturated rings.